The minimum atomic E-state index is -0.855. The van der Waals surface area contributed by atoms with Gasteiger partial charge in [-0.3, -0.25) is 4.79 Å². The molecule has 2 N–H and O–H groups in total. The molecule has 0 aromatic heterocycles. The smallest absolute Gasteiger partial charge is 0.323 e. The van der Waals surface area contributed by atoms with Crippen LogP contribution in [0.4, 0.5) is 0 Å². The molecule has 1 aromatic carbocycles. The number of ether oxygens (including phenoxy) is 1. The Balaban J connectivity index is 2.37. The maximum Gasteiger partial charge on any atom is 0.323 e. The fraction of sp³-hybridized carbons (Fsp3) is 0.273. The number of carbonyl (C=O) groups excluding carboxylic acids is 2. The summed E-state index contributed by atoms with van der Waals surface area (Å²) in [5, 5.41) is 0. The largest absolute Gasteiger partial charge is 0.460 e. The summed E-state index contributed by atoms with van der Waals surface area (Å²) >= 11 is 0. The van der Waals surface area contributed by atoms with Gasteiger partial charge >= 0.3 is 5.97 Å². The first-order valence-corrected chi connectivity index (χ1v) is 4.64. The van der Waals surface area contributed by atoms with Gasteiger partial charge in [-0.15, -0.1) is 0 Å². The third kappa shape index (κ3) is 3.91. The number of esters is 1. The lowest BCUT2D eigenvalue weighted by Crippen LogP contribution is -2.32. The van der Waals surface area contributed by atoms with Crippen LogP contribution >= 0.6 is 0 Å². The Hall–Kier alpha value is -1.68. The molecule has 0 spiro atoms. The van der Waals surface area contributed by atoms with E-state index in [9.17, 15) is 9.59 Å². The van der Waals surface area contributed by atoms with E-state index in [0.717, 1.165) is 5.56 Å². The highest BCUT2D eigenvalue weighted by atomic mass is 16.5. The summed E-state index contributed by atoms with van der Waals surface area (Å²) in [7, 11) is 0. The topological polar surface area (TPSA) is 69.4 Å². The van der Waals surface area contributed by atoms with E-state index >= 15 is 0 Å². The van der Waals surface area contributed by atoms with Crippen LogP contribution in [0.3, 0.4) is 0 Å². The average Bonchev–Trinajstić information content (AvgIpc) is 2.27. The molecule has 0 aliphatic carbocycles. The van der Waals surface area contributed by atoms with Gasteiger partial charge in [0.05, 0.1) is 0 Å². The predicted molar refractivity (Wildman–Crippen MR) is 54.9 cm³/mol. The lowest BCUT2D eigenvalue weighted by atomic mass is 10.2. The molecule has 0 aliphatic heterocycles. The third-order valence-corrected chi connectivity index (χ3v) is 1.88. The first-order valence-electron chi connectivity index (χ1n) is 4.64. The summed E-state index contributed by atoms with van der Waals surface area (Å²) < 4.78 is 4.92. The van der Waals surface area contributed by atoms with E-state index in [-0.39, 0.29) is 13.0 Å². The SMILES string of the molecule is NC(CC=O)C(=O)OCc1ccccc1. The first-order chi connectivity index (χ1) is 7.24. The number of hydrogen-bond donors (Lipinski definition) is 1. The molecule has 0 saturated heterocycles. The Bertz CT molecular complexity index is 324. The van der Waals surface area contributed by atoms with Crippen LogP contribution in [-0.2, 0) is 20.9 Å². The van der Waals surface area contributed by atoms with Crippen LogP contribution in [0.2, 0.25) is 0 Å². The normalized spacial score (nSPS) is 11.8. The van der Waals surface area contributed by atoms with E-state index in [4.69, 9.17) is 10.5 Å². The molecule has 0 amide bonds. The summed E-state index contributed by atoms with van der Waals surface area (Å²) in [6, 6.07) is 8.43. The van der Waals surface area contributed by atoms with Crippen molar-refractivity contribution in [3.63, 3.8) is 0 Å². The van der Waals surface area contributed by atoms with Gasteiger partial charge in [-0.2, -0.15) is 0 Å². The minimum Gasteiger partial charge on any atom is -0.460 e. The van der Waals surface area contributed by atoms with Gasteiger partial charge in [-0.1, -0.05) is 30.3 Å². The zero-order valence-electron chi connectivity index (χ0n) is 8.26. The van der Waals surface area contributed by atoms with Crippen molar-refractivity contribution in [3.05, 3.63) is 35.9 Å². The molecule has 1 rings (SSSR count). The van der Waals surface area contributed by atoms with Crippen LogP contribution < -0.4 is 5.73 Å². The number of carbonyl (C=O) groups is 2. The van der Waals surface area contributed by atoms with Gasteiger partial charge in [-0.25, -0.2) is 0 Å². The summed E-state index contributed by atoms with van der Waals surface area (Å²) in [4.78, 5) is 21.3. The van der Waals surface area contributed by atoms with Crippen LogP contribution in [0.5, 0.6) is 0 Å². The van der Waals surface area contributed by atoms with Crippen molar-refractivity contribution >= 4 is 12.3 Å². The summed E-state index contributed by atoms with van der Waals surface area (Å²) in [5.41, 5.74) is 6.28. The van der Waals surface area contributed by atoms with Gasteiger partial charge in [0.1, 0.15) is 18.9 Å². The molecule has 4 nitrogen and oxygen atoms in total. The number of nitrogens with two attached hydrogens (primary N) is 1. The van der Waals surface area contributed by atoms with Gasteiger partial charge in [0.2, 0.25) is 0 Å². The summed E-state index contributed by atoms with van der Waals surface area (Å²) in [5.74, 6) is -0.550. The highest BCUT2D eigenvalue weighted by Gasteiger charge is 2.13. The van der Waals surface area contributed by atoms with Crippen LogP contribution in [0.15, 0.2) is 30.3 Å². The zero-order valence-corrected chi connectivity index (χ0v) is 8.26. The van der Waals surface area contributed by atoms with Crippen molar-refractivity contribution in [2.45, 2.75) is 19.1 Å². The fourth-order valence-electron chi connectivity index (χ4n) is 1.04. The Kier molecular flexibility index (Phi) is 4.50. The van der Waals surface area contributed by atoms with Crippen LogP contribution in [0.1, 0.15) is 12.0 Å². The van der Waals surface area contributed by atoms with E-state index in [2.05, 4.69) is 0 Å². The van der Waals surface area contributed by atoms with Gasteiger partial charge in [0.25, 0.3) is 0 Å². The molecule has 0 fully saturated rings. The van der Waals surface area contributed by atoms with Gasteiger partial charge in [0, 0.05) is 6.42 Å². The van der Waals surface area contributed by atoms with E-state index in [1.54, 1.807) is 0 Å². The number of hydrogen-bond acceptors (Lipinski definition) is 4. The molecule has 1 atom stereocenters. The molecule has 80 valence electrons. The maximum absolute atomic E-state index is 11.2. The highest BCUT2D eigenvalue weighted by molar-refractivity contribution is 5.78. The molecule has 4 heteroatoms. The van der Waals surface area contributed by atoms with Gasteiger partial charge < -0.3 is 15.3 Å². The van der Waals surface area contributed by atoms with Crippen molar-refractivity contribution in [3.8, 4) is 0 Å². The van der Waals surface area contributed by atoms with Gasteiger partial charge in [-0.05, 0) is 5.56 Å². The van der Waals surface area contributed by atoms with Crippen molar-refractivity contribution in [2.75, 3.05) is 0 Å². The van der Waals surface area contributed by atoms with E-state index in [0.29, 0.717) is 6.29 Å². The lowest BCUT2D eigenvalue weighted by molar-refractivity contribution is -0.147. The second-order valence-electron chi connectivity index (χ2n) is 3.10. The second kappa shape index (κ2) is 5.93. The molecule has 0 bridgehead atoms. The standard InChI is InChI=1S/C11H13NO3/c12-10(6-7-13)11(14)15-8-9-4-2-1-3-5-9/h1-5,7,10H,6,8,12H2. The summed E-state index contributed by atoms with van der Waals surface area (Å²) in [6.45, 7) is 0.187. The van der Waals surface area contributed by atoms with E-state index < -0.39 is 12.0 Å². The van der Waals surface area contributed by atoms with Crippen molar-refractivity contribution in [2.24, 2.45) is 5.73 Å². The van der Waals surface area contributed by atoms with Crippen molar-refractivity contribution in [1.29, 1.82) is 0 Å². The van der Waals surface area contributed by atoms with Crippen LogP contribution in [-0.4, -0.2) is 18.3 Å². The van der Waals surface area contributed by atoms with Crippen molar-refractivity contribution < 1.29 is 14.3 Å². The summed E-state index contributed by atoms with van der Waals surface area (Å²) in [6.07, 6.45) is 0.599. The number of benzene rings is 1. The van der Waals surface area contributed by atoms with Crippen LogP contribution in [0, 0.1) is 0 Å². The Morgan fingerprint density at radius 3 is 2.67 bits per heavy atom. The first kappa shape index (κ1) is 11.4. The van der Waals surface area contributed by atoms with Crippen molar-refractivity contribution in [1.82, 2.24) is 0 Å². The molecule has 1 aromatic rings. The molecule has 1 unspecified atom stereocenters. The Labute approximate surface area is 88.0 Å². The monoisotopic (exact) mass is 207 g/mol. The predicted octanol–water partition coefficient (Wildman–Crippen LogP) is 0.646. The molecule has 0 saturated carbocycles. The molecule has 0 aliphatic rings. The fourth-order valence-corrected chi connectivity index (χ4v) is 1.04. The van der Waals surface area contributed by atoms with E-state index in [1.165, 1.54) is 0 Å². The molecule has 0 radical (unpaired) electrons. The Morgan fingerprint density at radius 1 is 1.40 bits per heavy atom. The quantitative estimate of drug-likeness (QED) is 0.568. The number of aldehydes is 1. The zero-order chi connectivity index (χ0) is 11.1. The Morgan fingerprint density at radius 2 is 2.07 bits per heavy atom. The molecule has 15 heavy (non-hydrogen) atoms. The lowest BCUT2D eigenvalue weighted by Gasteiger charge is -2.08. The average molecular weight is 207 g/mol. The van der Waals surface area contributed by atoms with Crippen LogP contribution in [0.25, 0.3) is 0 Å². The number of rotatable bonds is 5. The second-order valence-corrected chi connectivity index (χ2v) is 3.10. The maximum atomic E-state index is 11.2. The minimum absolute atomic E-state index is 0.00633. The molecular weight excluding hydrogens is 194 g/mol. The molecule has 0 heterocycles. The molecular formula is C11H13NO3. The van der Waals surface area contributed by atoms with E-state index in [1.807, 2.05) is 30.3 Å². The third-order valence-electron chi connectivity index (χ3n) is 1.88. The highest BCUT2D eigenvalue weighted by Crippen LogP contribution is 2.01. The van der Waals surface area contributed by atoms with Gasteiger partial charge in [0.15, 0.2) is 0 Å².